The molecule has 0 fully saturated rings. The lowest BCUT2D eigenvalue weighted by molar-refractivity contribution is 0.584. The van der Waals surface area contributed by atoms with Crippen molar-refractivity contribution in [1.82, 2.24) is 30.4 Å². The van der Waals surface area contributed by atoms with Crippen molar-refractivity contribution in [3.8, 4) is 57.2 Å². The third-order valence-electron chi connectivity index (χ3n) is 5.31. The lowest BCUT2D eigenvalue weighted by Gasteiger charge is -2.02. The molecule has 4 heterocycles. The van der Waals surface area contributed by atoms with Crippen molar-refractivity contribution >= 4 is 31.9 Å². The molecular formula is C26H14Br2N6O2. The molecule has 6 aromatic rings. The molecule has 0 aliphatic heterocycles. The Labute approximate surface area is 221 Å². The number of nitrogens with zero attached hydrogens (tertiary/aromatic N) is 6. The Balaban J connectivity index is 1.23. The first-order valence-electron chi connectivity index (χ1n) is 10.7. The maximum absolute atomic E-state index is 5.89. The molecule has 0 radical (unpaired) electrons. The molecule has 2 aromatic carbocycles. The van der Waals surface area contributed by atoms with Gasteiger partial charge in [0.15, 0.2) is 0 Å². The quantitative estimate of drug-likeness (QED) is 0.206. The van der Waals surface area contributed by atoms with E-state index in [1.54, 1.807) is 12.4 Å². The minimum Gasteiger partial charge on any atom is -0.416 e. The second-order valence-electron chi connectivity index (χ2n) is 7.70. The Kier molecular flexibility index (Phi) is 5.96. The summed E-state index contributed by atoms with van der Waals surface area (Å²) in [5.74, 6) is 1.68. The number of halogens is 2. The highest BCUT2D eigenvalue weighted by atomic mass is 79.9. The molecule has 0 aliphatic carbocycles. The van der Waals surface area contributed by atoms with Crippen molar-refractivity contribution in [3.05, 3.63) is 94.1 Å². The van der Waals surface area contributed by atoms with Crippen LogP contribution >= 0.6 is 31.9 Å². The number of hydrogen-bond donors (Lipinski definition) is 0. The summed E-state index contributed by atoms with van der Waals surface area (Å²) < 4.78 is 13.7. The van der Waals surface area contributed by atoms with Gasteiger partial charge >= 0.3 is 0 Å². The van der Waals surface area contributed by atoms with Crippen LogP contribution in [0, 0.1) is 0 Å². The van der Waals surface area contributed by atoms with E-state index in [2.05, 4.69) is 62.2 Å². The molecule has 0 saturated heterocycles. The first-order valence-corrected chi connectivity index (χ1v) is 12.3. The van der Waals surface area contributed by atoms with E-state index in [4.69, 9.17) is 8.83 Å². The zero-order valence-electron chi connectivity index (χ0n) is 18.3. The maximum Gasteiger partial charge on any atom is 0.249 e. The van der Waals surface area contributed by atoms with Gasteiger partial charge in [0.05, 0.1) is 17.0 Å². The van der Waals surface area contributed by atoms with Crippen molar-refractivity contribution in [1.29, 1.82) is 0 Å². The van der Waals surface area contributed by atoms with Crippen LogP contribution < -0.4 is 0 Å². The van der Waals surface area contributed by atoms with Gasteiger partial charge < -0.3 is 8.83 Å². The first kappa shape index (κ1) is 22.4. The van der Waals surface area contributed by atoms with Crippen LogP contribution in [-0.2, 0) is 0 Å². The fourth-order valence-corrected chi connectivity index (χ4v) is 4.00. The Morgan fingerprint density at radius 2 is 0.972 bits per heavy atom. The molecule has 10 heteroatoms. The topological polar surface area (TPSA) is 104 Å². The van der Waals surface area contributed by atoms with Crippen LogP contribution in [-0.4, -0.2) is 30.4 Å². The summed E-state index contributed by atoms with van der Waals surface area (Å²) in [4.78, 5) is 9.00. The minimum atomic E-state index is 0.389. The van der Waals surface area contributed by atoms with Gasteiger partial charge in [0, 0.05) is 38.0 Å². The zero-order chi connectivity index (χ0) is 24.5. The van der Waals surface area contributed by atoms with Crippen LogP contribution in [0.3, 0.4) is 0 Å². The lowest BCUT2D eigenvalue weighted by Crippen LogP contribution is -1.89. The molecular weight excluding hydrogens is 588 g/mol. The molecule has 0 unspecified atom stereocenters. The van der Waals surface area contributed by atoms with Crippen LogP contribution in [0.4, 0.5) is 0 Å². The number of hydrogen-bond acceptors (Lipinski definition) is 8. The molecule has 8 nitrogen and oxygen atoms in total. The van der Waals surface area contributed by atoms with Crippen LogP contribution in [0.1, 0.15) is 0 Å². The average molecular weight is 602 g/mol. The highest BCUT2D eigenvalue weighted by molar-refractivity contribution is 9.10. The molecule has 4 aromatic heterocycles. The Morgan fingerprint density at radius 1 is 0.472 bits per heavy atom. The van der Waals surface area contributed by atoms with Gasteiger partial charge in [0.25, 0.3) is 0 Å². The predicted molar refractivity (Wildman–Crippen MR) is 140 cm³/mol. The van der Waals surface area contributed by atoms with E-state index in [0.29, 0.717) is 40.5 Å². The van der Waals surface area contributed by atoms with Crippen LogP contribution in [0.2, 0.25) is 0 Å². The Hall–Kier alpha value is -4.02. The van der Waals surface area contributed by atoms with E-state index in [1.807, 2.05) is 72.8 Å². The maximum atomic E-state index is 5.89. The van der Waals surface area contributed by atoms with E-state index in [1.165, 1.54) is 0 Å². The average Bonchev–Trinajstić information content (AvgIpc) is 3.61. The number of pyridine rings is 2. The third-order valence-corrected chi connectivity index (χ3v) is 6.37. The van der Waals surface area contributed by atoms with Crippen LogP contribution in [0.5, 0.6) is 0 Å². The van der Waals surface area contributed by atoms with E-state index in [0.717, 1.165) is 25.6 Å². The van der Waals surface area contributed by atoms with E-state index >= 15 is 0 Å². The van der Waals surface area contributed by atoms with Gasteiger partial charge in [-0.15, -0.1) is 20.4 Å². The first-order chi connectivity index (χ1) is 17.6. The molecule has 6 rings (SSSR count). The standard InChI is InChI=1S/C26H14Br2N6O2/c27-19-6-1-15(2-7-19)23-31-33-25(35-23)17-11-12-29-22(13-17)21-10-5-18(14-30-21)26-34-32-24(36-26)16-3-8-20(28)9-4-16/h1-14H. The van der Waals surface area contributed by atoms with Crippen LogP contribution in [0.15, 0.2) is 103 Å². The van der Waals surface area contributed by atoms with E-state index in [-0.39, 0.29) is 0 Å². The summed E-state index contributed by atoms with van der Waals surface area (Å²) >= 11 is 6.85. The lowest BCUT2D eigenvalue weighted by atomic mass is 10.1. The van der Waals surface area contributed by atoms with Gasteiger partial charge in [-0.05, 0) is 72.8 Å². The van der Waals surface area contributed by atoms with Crippen LogP contribution in [0.25, 0.3) is 57.2 Å². The summed E-state index contributed by atoms with van der Waals surface area (Å²) in [6.07, 6.45) is 3.37. The Morgan fingerprint density at radius 3 is 1.50 bits per heavy atom. The second-order valence-corrected chi connectivity index (χ2v) is 9.53. The summed E-state index contributed by atoms with van der Waals surface area (Å²) in [6.45, 7) is 0. The highest BCUT2D eigenvalue weighted by Crippen LogP contribution is 2.29. The van der Waals surface area contributed by atoms with Crippen molar-refractivity contribution in [2.45, 2.75) is 0 Å². The molecule has 0 aliphatic rings. The van der Waals surface area contributed by atoms with Crippen molar-refractivity contribution in [2.75, 3.05) is 0 Å². The normalized spacial score (nSPS) is 11.1. The van der Waals surface area contributed by atoms with Gasteiger partial charge in [-0.3, -0.25) is 9.97 Å². The summed E-state index contributed by atoms with van der Waals surface area (Å²) in [5, 5.41) is 16.7. The summed E-state index contributed by atoms with van der Waals surface area (Å²) in [6, 6.07) is 22.7. The number of aromatic nitrogens is 6. The van der Waals surface area contributed by atoms with Gasteiger partial charge in [-0.2, -0.15) is 0 Å². The number of benzene rings is 2. The Bertz CT molecular complexity index is 1650. The highest BCUT2D eigenvalue weighted by Gasteiger charge is 2.14. The second kappa shape index (κ2) is 9.56. The van der Waals surface area contributed by atoms with Gasteiger partial charge in [0.2, 0.25) is 23.6 Å². The smallest absolute Gasteiger partial charge is 0.249 e. The third kappa shape index (κ3) is 4.60. The SMILES string of the molecule is Brc1ccc(-c2nnc(-c3ccc(-c4cc(-c5nnc(-c6ccc(Br)cc6)o5)ccn4)nc3)o2)cc1. The number of rotatable bonds is 5. The minimum absolute atomic E-state index is 0.389. The van der Waals surface area contributed by atoms with Gasteiger partial charge in [-0.1, -0.05) is 31.9 Å². The summed E-state index contributed by atoms with van der Waals surface area (Å²) in [7, 11) is 0. The van der Waals surface area contributed by atoms with Gasteiger partial charge in [0.1, 0.15) is 0 Å². The molecule has 0 amide bonds. The van der Waals surface area contributed by atoms with Gasteiger partial charge in [-0.25, -0.2) is 0 Å². The van der Waals surface area contributed by atoms with E-state index < -0.39 is 0 Å². The molecule has 0 saturated carbocycles. The summed E-state index contributed by atoms with van der Waals surface area (Å²) in [5.41, 5.74) is 4.49. The predicted octanol–water partition coefficient (Wildman–Crippen LogP) is 7.10. The van der Waals surface area contributed by atoms with Crippen molar-refractivity contribution in [2.24, 2.45) is 0 Å². The monoisotopic (exact) mass is 600 g/mol. The molecule has 0 N–H and O–H groups in total. The molecule has 0 spiro atoms. The molecule has 174 valence electrons. The van der Waals surface area contributed by atoms with Crippen molar-refractivity contribution in [3.63, 3.8) is 0 Å². The van der Waals surface area contributed by atoms with E-state index in [9.17, 15) is 0 Å². The molecule has 0 bridgehead atoms. The molecule has 0 atom stereocenters. The zero-order valence-corrected chi connectivity index (χ0v) is 21.5. The fourth-order valence-electron chi connectivity index (χ4n) is 3.47. The molecule has 36 heavy (non-hydrogen) atoms. The fraction of sp³-hybridized carbons (Fsp3) is 0. The largest absolute Gasteiger partial charge is 0.416 e. The van der Waals surface area contributed by atoms with Crippen molar-refractivity contribution < 1.29 is 8.83 Å².